The van der Waals surface area contributed by atoms with Crippen LogP contribution >= 0.6 is 11.6 Å². The summed E-state index contributed by atoms with van der Waals surface area (Å²) in [4.78, 5) is 25.5. The van der Waals surface area contributed by atoms with E-state index in [0.29, 0.717) is 18.1 Å². The quantitative estimate of drug-likeness (QED) is 0.828. The average Bonchev–Trinajstić information content (AvgIpc) is 2.55. The van der Waals surface area contributed by atoms with Crippen molar-refractivity contribution in [1.29, 1.82) is 0 Å². The van der Waals surface area contributed by atoms with E-state index in [1.807, 2.05) is 48.5 Å². The molecule has 0 saturated carbocycles. The molecule has 0 saturated heterocycles. The van der Waals surface area contributed by atoms with Gasteiger partial charge in [-0.1, -0.05) is 60.1 Å². The smallest absolute Gasteiger partial charge is 0.232 e. The van der Waals surface area contributed by atoms with Gasteiger partial charge in [-0.05, 0) is 17.2 Å². The van der Waals surface area contributed by atoms with Gasteiger partial charge in [0.25, 0.3) is 0 Å². The lowest BCUT2D eigenvalue weighted by Gasteiger charge is -2.17. The first-order chi connectivity index (χ1) is 11.1. The zero-order chi connectivity index (χ0) is 16.7. The van der Waals surface area contributed by atoms with E-state index in [9.17, 15) is 9.59 Å². The van der Waals surface area contributed by atoms with Crippen LogP contribution in [0, 0.1) is 0 Å². The minimum absolute atomic E-state index is 0.173. The predicted molar refractivity (Wildman–Crippen MR) is 90.8 cm³/mol. The summed E-state index contributed by atoms with van der Waals surface area (Å²) >= 11 is 6.03. The van der Waals surface area contributed by atoms with Crippen LogP contribution in [0.4, 0.5) is 0 Å². The molecule has 23 heavy (non-hydrogen) atoms. The molecule has 2 aromatic rings. The van der Waals surface area contributed by atoms with E-state index in [1.165, 1.54) is 0 Å². The molecular weight excluding hydrogens is 312 g/mol. The lowest BCUT2D eigenvalue weighted by molar-refractivity contribution is -0.135. The molecule has 5 heteroatoms. The van der Waals surface area contributed by atoms with Gasteiger partial charge in [-0.2, -0.15) is 0 Å². The Balaban J connectivity index is 1.80. The molecule has 2 aromatic carbocycles. The van der Waals surface area contributed by atoms with Crippen molar-refractivity contribution in [1.82, 2.24) is 10.2 Å². The number of rotatable bonds is 6. The minimum Gasteiger partial charge on any atom is -0.352 e. The Morgan fingerprint density at radius 1 is 1.04 bits per heavy atom. The predicted octanol–water partition coefficient (Wildman–Crippen LogP) is 3.00. The number of halogens is 1. The van der Waals surface area contributed by atoms with E-state index >= 15 is 0 Å². The van der Waals surface area contributed by atoms with E-state index in [-0.39, 0.29) is 18.2 Å². The molecule has 0 bridgehead atoms. The van der Waals surface area contributed by atoms with Gasteiger partial charge in [0, 0.05) is 25.2 Å². The summed E-state index contributed by atoms with van der Waals surface area (Å²) < 4.78 is 0. The third kappa shape index (κ3) is 5.42. The molecule has 2 amide bonds. The van der Waals surface area contributed by atoms with Crippen LogP contribution in [0.1, 0.15) is 17.5 Å². The van der Waals surface area contributed by atoms with E-state index in [2.05, 4.69) is 5.32 Å². The molecule has 0 radical (unpaired) electrons. The molecule has 0 fully saturated rings. The summed E-state index contributed by atoms with van der Waals surface area (Å²) in [6.07, 6.45) is -0.173. The van der Waals surface area contributed by atoms with Crippen molar-refractivity contribution < 1.29 is 9.59 Å². The molecule has 0 aliphatic rings. The first kappa shape index (κ1) is 17.0. The number of hydrogen-bond donors (Lipinski definition) is 1. The molecular formula is C18H19ClN2O2. The standard InChI is InChI=1S/C18H19ClN2O2/c1-21(13-14-7-3-2-4-8-14)18(23)11-17(22)20-12-15-9-5-6-10-16(15)19/h2-10H,11-13H2,1H3,(H,20,22). The molecule has 120 valence electrons. The maximum Gasteiger partial charge on any atom is 0.232 e. The highest BCUT2D eigenvalue weighted by Crippen LogP contribution is 2.14. The summed E-state index contributed by atoms with van der Waals surface area (Å²) in [5.74, 6) is -0.527. The van der Waals surface area contributed by atoms with Crippen molar-refractivity contribution >= 4 is 23.4 Å². The topological polar surface area (TPSA) is 49.4 Å². The van der Waals surface area contributed by atoms with Crippen molar-refractivity contribution in [3.63, 3.8) is 0 Å². The van der Waals surface area contributed by atoms with E-state index in [1.54, 1.807) is 18.0 Å². The third-order valence-electron chi connectivity index (χ3n) is 3.43. The molecule has 0 spiro atoms. The molecule has 0 atom stereocenters. The molecule has 0 aliphatic heterocycles. The molecule has 0 aromatic heterocycles. The average molecular weight is 331 g/mol. The number of amides is 2. The van der Waals surface area contributed by atoms with Gasteiger partial charge in [0.15, 0.2) is 0 Å². The van der Waals surface area contributed by atoms with Gasteiger partial charge in [0.1, 0.15) is 6.42 Å². The number of carbonyl (C=O) groups excluding carboxylic acids is 2. The van der Waals surface area contributed by atoms with Crippen molar-refractivity contribution in [2.45, 2.75) is 19.5 Å². The Morgan fingerprint density at radius 2 is 1.70 bits per heavy atom. The Hall–Kier alpha value is -2.33. The summed E-state index contributed by atoms with van der Waals surface area (Å²) in [6.45, 7) is 0.797. The summed E-state index contributed by atoms with van der Waals surface area (Å²) in [5.41, 5.74) is 1.85. The number of hydrogen-bond acceptors (Lipinski definition) is 2. The highest BCUT2D eigenvalue weighted by Gasteiger charge is 2.14. The van der Waals surface area contributed by atoms with Crippen LogP contribution < -0.4 is 5.32 Å². The first-order valence-electron chi connectivity index (χ1n) is 7.34. The van der Waals surface area contributed by atoms with Gasteiger partial charge in [-0.25, -0.2) is 0 Å². The number of benzene rings is 2. The molecule has 1 N–H and O–H groups in total. The molecule has 0 aliphatic carbocycles. The van der Waals surface area contributed by atoms with Crippen LogP contribution in [-0.2, 0) is 22.7 Å². The van der Waals surface area contributed by atoms with Crippen molar-refractivity contribution in [2.24, 2.45) is 0 Å². The Morgan fingerprint density at radius 3 is 2.39 bits per heavy atom. The van der Waals surface area contributed by atoms with Gasteiger partial charge >= 0.3 is 0 Å². The van der Waals surface area contributed by atoms with Gasteiger partial charge in [0.05, 0.1) is 0 Å². The molecule has 4 nitrogen and oxygen atoms in total. The third-order valence-corrected chi connectivity index (χ3v) is 3.80. The van der Waals surface area contributed by atoms with Crippen molar-refractivity contribution in [3.05, 3.63) is 70.7 Å². The Bertz CT molecular complexity index is 674. The van der Waals surface area contributed by atoms with Crippen LogP contribution in [0.25, 0.3) is 0 Å². The van der Waals surface area contributed by atoms with Crippen molar-refractivity contribution in [2.75, 3.05) is 7.05 Å². The van der Waals surface area contributed by atoms with Crippen LogP contribution in [0.15, 0.2) is 54.6 Å². The van der Waals surface area contributed by atoms with Gasteiger partial charge in [-0.3, -0.25) is 9.59 Å². The zero-order valence-electron chi connectivity index (χ0n) is 13.0. The van der Waals surface area contributed by atoms with Crippen LogP contribution in [-0.4, -0.2) is 23.8 Å². The largest absolute Gasteiger partial charge is 0.352 e. The number of carbonyl (C=O) groups is 2. The van der Waals surface area contributed by atoms with Crippen LogP contribution in [0.2, 0.25) is 5.02 Å². The maximum absolute atomic E-state index is 12.1. The highest BCUT2D eigenvalue weighted by atomic mass is 35.5. The fourth-order valence-corrected chi connectivity index (χ4v) is 2.32. The van der Waals surface area contributed by atoms with Gasteiger partial charge in [-0.15, -0.1) is 0 Å². The molecule has 2 rings (SSSR count). The summed E-state index contributed by atoms with van der Waals surface area (Å²) in [7, 11) is 1.69. The summed E-state index contributed by atoms with van der Waals surface area (Å²) in [6, 6.07) is 16.9. The van der Waals surface area contributed by atoms with Gasteiger partial charge < -0.3 is 10.2 Å². The lowest BCUT2D eigenvalue weighted by Crippen LogP contribution is -2.32. The monoisotopic (exact) mass is 330 g/mol. The second kappa shape index (κ2) is 8.34. The second-order valence-electron chi connectivity index (χ2n) is 5.28. The Kier molecular flexibility index (Phi) is 6.18. The zero-order valence-corrected chi connectivity index (χ0v) is 13.7. The first-order valence-corrected chi connectivity index (χ1v) is 7.72. The van der Waals surface area contributed by atoms with Crippen LogP contribution in [0.3, 0.4) is 0 Å². The SMILES string of the molecule is CN(Cc1ccccc1)C(=O)CC(=O)NCc1ccccc1Cl. The second-order valence-corrected chi connectivity index (χ2v) is 5.69. The lowest BCUT2D eigenvalue weighted by atomic mass is 10.2. The Labute approximate surface area is 141 Å². The van der Waals surface area contributed by atoms with Crippen LogP contribution in [0.5, 0.6) is 0 Å². The highest BCUT2D eigenvalue weighted by molar-refractivity contribution is 6.31. The number of nitrogens with one attached hydrogen (secondary N) is 1. The molecule has 0 heterocycles. The number of nitrogens with zero attached hydrogens (tertiary/aromatic N) is 1. The van der Waals surface area contributed by atoms with Crippen molar-refractivity contribution in [3.8, 4) is 0 Å². The fourth-order valence-electron chi connectivity index (χ4n) is 2.12. The molecule has 0 unspecified atom stereocenters. The van der Waals surface area contributed by atoms with E-state index in [4.69, 9.17) is 11.6 Å². The minimum atomic E-state index is -0.310. The fraction of sp³-hybridized carbons (Fsp3) is 0.222. The van der Waals surface area contributed by atoms with E-state index < -0.39 is 0 Å². The van der Waals surface area contributed by atoms with Gasteiger partial charge in [0.2, 0.25) is 11.8 Å². The van der Waals surface area contributed by atoms with E-state index in [0.717, 1.165) is 11.1 Å². The maximum atomic E-state index is 12.1. The normalized spacial score (nSPS) is 10.2. The summed E-state index contributed by atoms with van der Waals surface area (Å²) in [5, 5.41) is 3.32.